The topological polar surface area (TPSA) is 93.2 Å². The predicted molar refractivity (Wildman–Crippen MR) is 122 cm³/mol. The van der Waals surface area contributed by atoms with Crippen LogP contribution in [-0.2, 0) is 11.8 Å². The molecule has 0 saturated carbocycles. The number of hydrogen-bond acceptors (Lipinski definition) is 6. The molecule has 2 unspecified atom stereocenters. The van der Waals surface area contributed by atoms with Crippen LogP contribution in [0, 0.1) is 5.92 Å². The molecule has 4 rings (SSSR count). The monoisotopic (exact) mass is 451 g/mol. The molecule has 2 N–H and O–H groups in total. The zero-order chi connectivity index (χ0) is 19.7. The number of aromatic nitrogens is 4. The molecule has 1 aromatic carbocycles. The highest BCUT2D eigenvalue weighted by Gasteiger charge is 2.30. The van der Waals surface area contributed by atoms with E-state index in [1.54, 1.807) is 17.2 Å². The number of carbonyl (C=O) groups excluding carboxylic acids is 1. The van der Waals surface area contributed by atoms with E-state index in [0.29, 0.717) is 13.1 Å². The van der Waals surface area contributed by atoms with Crippen LogP contribution in [0.4, 0.5) is 5.82 Å². The Morgan fingerprint density at radius 2 is 1.73 bits per heavy atom. The lowest BCUT2D eigenvalue weighted by Gasteiger charge is -2.37. The van der Waals surface area contributed by atoms with E-state index in [4.69, 9.17) is 5.73 Å². The summed E-state index contributed by atoms with van der Waals surface area (Å²) in [5.41, 5.74) is 8.14. The Morgan fingerprint density at radius 1 is 1.07 bits per heavy atom. The summed E-state index contributed by atoms with van der Waals surface area (Å²) in [6.07, 6.45) is 3.36. The third-order valence-electron chi connectivity index (χ3n) is 5.51. The van der Waals surface area contributed by atoms with E-state index in [9.17, 15) is 4.79 Å². The number of hydrogen-bond donors (Lipinski definition) is 1. The van der Waals surface area contributed by atoms with Crippen molar-refractivity contribution < 1.29 is 4.79 Å². The van der Waals surface area contributed by atoms with Gasteiger partial charge in [0.25, 0.3) is 0 Å². The minimum Gasteiger partial charge on any atom is -0.352 e. The average Bonchev–Trinajstić information content (AvgIpc) is 3.14. The second kappa shape index (κ2) is 10.1. The molecule has 1 amide bonds. The Morgan fingerprint density at radius 3 is 2.40 bits per heavy atom. The second-order valence-electron chi connectivity index (χ2n) is 7.24. The Labute approximate surface area is 188 Å². The summed E-state index contributed by atoms with van der Waals surface area (Å²) in [6, 6.07) is 9.50. The zero-order valence-electron chi connectivity index (χ0n) is 17.0. The number of nitrogens with two attached hydrogens (primary N) is 1. The van der Waals surface area contributed by atoms with Gasteiger partial charge in [-0.05, 0) is 5.56 Å². The van der Waals surface area contributed by atoms with Gasteiger partial charge >= 0.3 is 0 Å². The van der Waals surface area contributed by atoms with Gasteiger partial charge in [0.15, 0.2) is 5.65 Å². The summed E-state index contributed by atoms with van der Waals surface area (Å²) >= 11 is 0. The molecule has 1 saturated heterocycles. The zero-order valence-corrected chi connectivity index (χ0v) is 18.6. The van der Waals surface area contributed by atoms with E-state index < -0.39 is 0 Å². The first kappa shape index (κ1) is 23.9. The summed E-state index contributed by atoms with van der Waals surface area (Å²) in [4.78, 5) is 25.8. The van der Waals surface area contributed by atoms with Crippen LogP contribution < -0.4 is 10.6 Å². The molecule has 8 nitrogen and oxygen atoms in total. The lowest BCUT2D eigenvalue weighted by molar-refractivity contribution is -0.136. The Hall–Kier alpha value is -2.42. The van der Waals surface area contributed by atoms with Gasteiger partial charge in [-0.2, -0.15) is 5.10 Å². The van der Waals surface area contributed by atoms with Gasteiger partial charge in [0.2, 0.25) is 5.91 Å². The van der Waals surface area contributed by atoms with Crippen LogP contribution in [0.2, 0.25) is 0 Å². The molecule has 0 aliphatic carbocycles. The largest absolute Gasteiger partial charge is 0.352 e. The summed E-state index contributed by atoms with van der Waals surface area (Å²) in [5.74, 6) is 0.711. The summed E-state index contributed by atoms with van der Waals surface area (Å²) in [6.45, 7) is 4.66. The van der Waals surface area contributed by atoms with E-state index >= 15 is 0 Å². The van der Waals surface area contributed by atoms with Crippen molar-refractivity contribution in [3.63, 3.8) is 0 Å². The van der Waals surface area contributed by atoms with Crippen molar-refractivity contribution in [2.45, 2.75) is 13.0 Å². The quantitative estimate of drug-likeness (QED) is 0.653. The van der Waals surface area contributed by atoms with Crippen molar-refractivity contribution in [2.24, 2.45) is 18.7 Å². The summed E-state index contributed by atoms with van der Waals surface area (Å²) < 4.78 is 1.74. The number of piperazine rings is 1. The van der Waals surface area contributed by atoms with Gasteiger partial charge in [0.05, 0.1) is 17.5 Å². The summed E-state index contributed by atoms with van der Waals surface area (Å²) in [7, 11) is 1.87. The molecule has 10 heteroatoms. The lowest BCUT2D eigenvalue weighted by Crippen LogP contribution is -2.51. The second-order valence-corrected chi connectivity index (χ2v) is 7.24. The third-order valence-corrected chi connectivity index (χ3v) is 5.51. The highest BCUT2D eigenvalue weighted by atomic mass is 35.5. The average molecular weight is 452 g/mol. The van der Waals surface area contributed by atoms with Crippen LogP contribution in [0.25, 0.3) is 11.0 Å². The molecule has 30 heavy (non-hydrogen) atoms. The number of fused-ring (bicyclic) bond motifs is 1. The van der Waals surface area contributed by atoms with E-state index in [0.717, 1.165) is 35.5 Å². The molecule has 0 radical (unpaired) electrons. The van der Waals surface area contributed by atoms with Crippen LogP contribution in [0.5, 0.6) is 0 Å². The number of carbonyl (C=O) groups is 1. The van der Waals surface area contributed by atoms with Gasteiger partial charge in [-0.1, -0.05) is 37.3 Å². The van der Waals surface area contributed by atoms with Gasteiger partial charge in [-0.15, -0.1) is 24.8 Å². The maximum absolute atomic E-state index is 13.0. The fourth-order valence-electron chi connectivity index (χ4n) is 3.75. The smallest absolute Gasteiger partial charge is 0.227 e. The first-order valence-corrected chi connectivity index (χ1v) is 9.53. The molecule has 0 spiro atoms. The van der Waals surface area contributed by atoms with Crippen molar-refractivity contribution in [1.29, 1.82) is 0 Å². The first-order valence-electron chi connectivity index (χ1n) is 9.53. The van der Waals surface area contributed by atoms with Gasteiger partial charge in [-0.25, -0.2) is 9.97 Å². The molecule has 3 aromatic rings. The molecular formula is C20H27Cl2N7O. The maximum atomic E-state index is 13.0. The molecule has 2 aromatic heterocycles. The predicted octanol–water partition coefficient (Wildman–Crippen LogP) is 2.19. The van der Waals surface area contributed by atoms with Crippen LogP contribution in [0.15, 0.2) is 42.9 Å². The van der Waals surface area contributed by atoms with Crippen LogP contribution >= 0.6 is 24.8 Å². The fraction of sp³-hybridized carbons (Fsp3) is 0.400. The molecule has 1 fully saturated rings. The lowest BCUT2D eigenvalue weighted by atomic mass is 9.94. The molecule has 162 valence electrons. The SMILES string of the molecule is CC(C(=O)N1CCN(c2ncnc3c2cnn3C)CC1)C(N)c1ccccc1.Cl.Cl. The standard InChI is InChI=1S/C20H25N7O.2ClH/c1-14(17(21)15-6-4-3-5-7-15)20(28)27-10-8-26(9-11-27)19-16-12-24-25(2)18(16)22-13-23-19;;/h3-7,12-14,17H,8-11,21H2,1-2H3;2*1H. The van der Waals surface area contributed by atoms with Crippen molar-refractivity contribution in [2.75, 3.05) is 31.1 Å². The fourth-order valence-corrected chi connectivity index (χ4v) is 3.75. The van der Waals surface area contributed by atoms with E-state index in [-0.39, 0.29) is 42.7 Å². The number of aryl methyl sites for hydroxylation is 1. The van der Waals surface area contributed by atoms with Crippen LogP contribution in [0.1, 0.15) is 18.5 Å². The van der Waals surface area contributed by atoms with E-state index in [1.807, 2.05) is 49.2 Å². The van der Waals surface area contributed by atoms with Crippen LogP contribution in [0.3, 0.4) is 0 Å². The number of nitrogens with zero attached hydrogens (tertiary/aromatic N) is 6. The normalized spacial score (nSPS) is 15.8. The Kier molecular flexibility index (Phi) is 8.00. The molecule has 1 aliphatic heterocycles. The van der Waals surface area contributed by atoms with Crippen molar-refractivity contribution in [1.82, 2.24) is 24.6 Å². The molecule has 1 aliphatic rings. The van der Waals surface area contributed by atoms with Crippen molar-refractivity contribution in [3.05, 3.63) is 48.4 Å². The maximum Gasteiger partial charge on any atom is 0.227 e. The first-order chi connectivity index (χ1) is 13.6. The number of amides is 1. The minimum absolute atomic E-state index is 0. The van der Waals surface area contributed by atoms with Crippen LogP contribution in [-0.4, -0.2) is 56.7 Å². The van der Waals surface area contributed by atoms with Gasteiger partial charge < -0.3 is 15.5 Å². The Balaban J connectivity index is 0.00000160. The molecular weight excluding hydrogens is 425 g/mol. The van der Waals surface area contributed by atoms with Gasteiger partial charge in [0, 0.05) is 39.3 Å². The summed E-state index contributed by atoms with van der Waals surface area (Å²) in [5, 5.41) is 5.21. The number of rotatable bonds is 4. The third kappa shape index (κ3) is 4.50. The molecule has 2 atom stereocenters. The molecule has 3 heterocycles. The van der Waals surface area contributed by atoms with Gasteiger partial charge in [-0.3, -0.25) is 9.48 Å². The van der Waals surface area contributed by atoms with E-state index in [1.165, 1.54) is 0 Å². The highest BCUT2D eigenvalue weighted by Crippen LogP contribution is 2.25. The number of benzene rings is 1. The Bertz CT molecular complexity index is 974. The minimum atomic E-state index is -0.302. The van der Waals surface area contributed by atoms with E-state index in [2.05, 4.69) is 20.0 Å². The highest BCUT2D eigenvalue weighted by molar-refractivity contribution is 5.87. The van der Waals surface area contributed by atoms with Gasteiger partial charge in [0.1, 0.15) is 12.1 Å². The molecule has 0 bridgehead atoms. The number of anilines is 1. The van der Waals surface area contributed by atoms with Crippen molar-refractivity contribution >= 4 is 47.6 Å². The van der Waals surface area contributed by atoms with Crippen molar-refractivity contribution in [3.8, 4) is 0 Å². The number of halogens is 2.